The van der Waals surface area contributed by atoms with Crippen molar-refractivity contribution in [2.45, 2.75) is 4.90 Å². The molecule has 6 heteroatoms. The number of hydrogen-bond donors (Lipinski definition) is 1. The van der Waals surface area contributed by atoms with E-state index in [1.54, 1.807) is 0 Å². The number of methoxy groups -OCH3 is 1. The molecule has 0 fully saturated rings. The highest BCUT2D eigenvalue weighted by atomic mass is 32.2. The summed E-state index contributed by atoms with van der Waals surface area (Å²) in [7, 11) is -2.12. The number of hydrogen-bond acceptors (Lipinski definition) is 4. The molecule has 0 aliphatic rings. The molecule has 112 valence electrons. The second kappa shape index (κ2) is 6.24. The van der Waals surface area contributed by atoms with Gasteiger partial charge in [-0.25, -0.2) is 12.8 Å². The minimum Gasteiger partial charge on any atom is -0.508 e. The molecule has 0 aliphatic heterocycles. The summed E-state index contributed by atoms with van der Waals surface area (Å²) in [5.41, 5.74) is 1.13. The molecule has 0 atom stereocenters. The number of aromatic hydroxyl groups is 1. The lowest BCUT2D eigenvalue weighted by Crippen LogP contribution is -2.11. The first-order valence-electron chi connectivity index (χ1n) is 6.24. The van der Waals surface area contributed by atoms with Gasteiger partial charge in [0.15, 0.2) is 9.84 Å². The van der Waals surface area contributed by atoms with E-state index >= 15 is 0 Å². The van der Waals surface area contributed by atoms with Crippen LogP contribution >= 0.6 is 0 Å². The van der Waals surface area contributed by atoms with Crippen molar-refractivity contribution in [2.24, 2.45) is 0 Å². The first kappa shape index (κ1) is 15.5. The second-order valence-electron chi connectivity index (χ2n) is 4.53. The van der Waals surface area contributed by atoms with E-state index in [4.69, 9.17) is 4.74 Å². The van der Waals surface area contributed by atoms with Gasteiger partial charge in [0.05, 0.1) is 17.3 Å². The van der Waals surface area contributed by atoms with Gasteiger partial charge in [-0.1, -0.05) is 12.1 Å². The van der Waals surface area contributed by atoms with Crippen molar-refractivity contribution in [3.05, 3.63) is 48.3 Å². The molecule has 0 spiro atoms. The van der Waals surface area contributed by atoms with Gasteiger partial charge in [-0.05, 0) is 41.5 Å². The number of rotatable bonds is 5. The Morgan fingerprint density at radius 3 is 2.38 bits per heavy atom. The van der Waals surface area contributed by atoms with Crippen molar-refractivity contribution in [2.75, 3.05) is 19.5 Å². The van der Waals surface area contributed by atoms with E-state index in [0.29, 0.717) is 11.1 Å². The van der Waals surface area contributed by atoms with E-state index < -0.39 is 9.84 Å². The maximum absolute atomic E-state index is 12.9. The molecule has 21 heavy (non-hydrogen) atoms. The molecule has 0 aliphatic carbocycles. The molecule has 0 radical (unpaired) electrons. The fraction of sp³-hybridized carbons (Fsp3) is 0.200. The number of sulfone groups is 1. The van der Waals surface area contributed by atoms with E-state index in [1.807, 2.05) is 0 Å². The van der Waals surface area contributed by atoms with Crippen LogP contribution in [-0.2, 0) is 14.6 Å². The van der Waals surface area contributed by atoms with Gasteiger partial charge in [0, 0.05) is 7.11 Å². The summed E-state index contributed by atoms with van der Waals surface area (Å²) in [4.78, 5) is 0.0128. The zero-order chi connectivity index (χ0) is 15.5. The molecule has 0 bridgehead atoms. The third-order valence-corrected chi connectivity index (χ3v) is 4.64. The highest BCUT2D eigenvalue weighted by Gasteiger charge is 2.16. The number of phenols is 1. The molecule has 0 aromatic heterocycles. The molecular weight excluding hydrogens is 295 g/mol. The summed E-state index contributed by atoms with van der Waals surface area (Å²) in [5, 5.41) is 9.73. The fourth-order valence-electron chi connectivity index (χ4n) is 1.88. The fourth-order valence-corrected chi connectivity index (χ4v) is 3.11. The Balaban J connectivity index is 2.44. The van der Waals surface area contributed by atoms with Gasteiger partial charge >= 0.3 is 0 Å². The van der Waals surface area contributed by atoms with Gasteiger partial charge in [0.1, 0.15) is 11.6 Å². The SMILES string of the molecule is COCCS(=O)(=O)c1cc(O)cc(-c2ccc(F)cc2)c1. The largest absolute Gasteiger partial charge is 0.508 e. The minimum absolute atomic E-state index is 0.0128. The summed E-state index contributed by atoms with van der Waals surface area (Å²) in [6, 6.07) is 9.68. The summed E-state index contributed by atoms with van der Waals surface area (Å²) in [6.45, 7) is 0.0733. The third kappa shape index (κ3) is 3.80. The Hall–Kier alpha value is -1.92. The highest BCUT2D eigenvalue weighted by molar-refractivity contribution is 7.91. The zero-order valence-electron chi connectivity index (χ0n) is 11.4. The average Bonchev–Trinajstić information content (AvgIpc) is 2.45. The van der Waals surface area contributed by atoms with E-state index in [1.165, 1.54) is 49.6 Å². The topological polar surface area (TPSA) is 63.6 Å². The monoisotopic (exact) mass is 310 g/mol. The third-order valence-electron chi connectivity index (χ3n) is 2.98. The molecule has 0 saturated carbocycles. The number of ether oxygens (including phenoxy) is 1. The summed E-state index contributed by atoms with van der Waals surface area (Å²) in [6.07, 6.45) is 0. The van der Waals surface area contributed by atoms with Crippen molar-refractivity contribution >= 4 is 9.84 Å². The smallest absolute Gasteiger partial charge is 0.180 e. The number of phenolic OH excluding ortho intramolecular Hbond substituents is 1. The highest BCUT2D eigenvalue weighted by Crippen LogP contribution is 2.28. The van der Waals surface area contributed by atoms with Crippen LogP contribution in [0.2, 0.25) is 0 Å². The van der Waals surface area contributed by atoms with Crippen LogP contribution in [0.3, 0.4) is 0 Å². The lowest BCUT2D eigenvalue weighted by atomic mass is 10.1. The normalized spacial score (nSPS) is 11.5. The van der Waals surface area contributed by atoms with Gasteiger partial charge in [-0.3, -0.25) is 0 Å². The van der Waals surface area contributed by atoms with Crippen molar-refractivity contribution in [3.8, 4) is 16.9 Å². The van der Waals surface area contributed by atoms with Crippen molar-refractivity contribution in [3.63, 3.8) is 0 Å². The van der Waals surface area contributed by atoms with Crippen LogP contribution in [0.5, 0.6) is 5.75 Å². The van der Waals surface area contributed by atoms with Crippen molar-refractivity contribution < 1.29 is 22.7 Å². The average molecular weight is 310 g/mol. The molecule has 1 N–H and O–H groups in total. The van der Waals surface area contributed by atoms with Crippen LogP contribution in [0.4, 0.5) is 4.39 Å². The van der Waals surface area contributed by atoms with Crippen LogP contribution in [0, 0.1) is 5.82 Å². The lowest BCUT2D eigenvalue weighted by Gasteiger charge is -2.08. The van der Waals surface area contributed by atoms with E-state index in [-0.39, 0.29) is 28.8 Å². The predicted molar refractivity (Wildman–Crippen MR) is 77.4 cm³/mol. The van der Waals surface area contributed by atoms with Crippen LogP contribution in [-0.4, -0.2) is 33.0 Å². The van der Waals surface area contributed by atoms with Crippen LogP contribution in [0.25, 0.3) is 11.1 Å². The maximum Gasteiger partial charge on any atom is 0.180 e. The van der Waals surface area contributed by atoms with Crippen LogP contribution in [0.1, 0.15) is 0 Å². The minimum atomic E-state index is -3.54. The summed E-state index contributed by atoms with van der Waals surface area (Å²) < 4.78 is 42.0. The zero-order valence-corrected chi connectivity index (χ0v) is 12.2. The van der Waals surface area contributed by atoms with Crippen molar-refractivity contribution in [1.82, 2.24) is 0 Å². The van der Waals surface area contributed by atoms with E-state index in [9.17, 15) is 17.9 Å². The molecule has 2 aromatic rings. The molecule has 4 nitrogen and oxygen atoms in total. The second-order valence-corrected chi connectivity index (χ2v) is 6.64. The first-order valence-corrected chi connectivity index (χ1v) is 7.89. The molecule has 0 unspecified atom stereocenters. The van der Waals surface area contributed by atoms with Gasteiger partial charge in [-0.2, -0.15) is 0 Å². The van der Waals surface area contributed by atoms with Gasteiger partial charge in [0.25, 0.3) is 0 Å². The predicted octanol–water partition coefficient (Wildman–Crippen LogP) is 2.62. The Kier molecular flexibility index (Phi) is 4.59. The summed E-state index contributed by atoms with van der Waals surface area (Å²) >= 11 is 0. The molecule has 2 aromatic carbocycles. The van der Waals surface area contributed by atoms with E-state index in [0.717, 1.165) is 0 Å². The summed E-state index contributed by atoms with van der Waals surface area (Å²) in [5.74, 6) is -0.713. The van der Waals surface area contributed by atoms with Gasteiger partial charge < -0.3 is 9.84 Å². The molecule has 0 heterocycles. The Labute approximate surface area is 122 Å². The first-order chi connectivity index (χ1) is 9.92. The Morgan fingerprint density at radius 2 is 1.76 bits per heavy atom. The number of halogens is 1. The molecular formula is C15H15FO4S. The van der Waals surface area contributed by atoms with Crippen LogP contribution < -0.4 is 0 Å². The molecule has 2 rings (SSSR count). The van der Waals surface area contributed by atoms with Crippen LogP contribution in [0.15, 0.2) is 47.4 Å². The number of benzene rings is 2. The Morgan fingerprint density at radius 1 is 1.10 bits per heavy atom. The van der Waals surface area contributed by atoms with Gasteiger partial charge in [0.2, 0.25) is 0 Å². The molecule has 0 amide bonds. The lowest BCUT2D eigenvalue weighted by molar-refractivity contribution is 0.217. The quantitative estimate of drug-likeness (QED) is 0.922. The van der Waals surface area contributed by atoms with Gasteiger partial charge in [-0.15, -0.1) is 0 Å². The standard InChI is InChI=1S/C15H15FO4S/c1-20-6-7-21(18,19)15-9-12(8-14(17)10-15)11-2-4-13(16)5-3-11/h2-5,8-10,17H,6-7H2,1H3. The van der Waals surface area contributed by atoms with E-state index in [2.05, 4.69) is 0 Å². The maximum atomic E-state index is 12.9. The molecule has 0 saturated heterocycles. The van der Waals surface area contributed by atoms with Crippen molar-refractivity contribution in [1.29, 1.82) is 0 Å². The Bertz CT molecular complexity index is 724.